The van der Waals surface area contributed by atoms with Gasteiger partial charge in [0.05, 0.1) is 20.1 Å². The third-order valence-electron chi connectivity index (χ3n) is 2.23. The number of carbonyl (C=O) groups excluding carboxylic acids is 2. The van der Waals surface area contributed by atoms with Crippen LogP contribution in [0.2, 0.25) is 0 Å². The Balaban J connectivity index is 4.17. The first-order chi connectivity index (χ1) is 6.43. The molecule has 1 atom stereocenters. The Morgan fingerprint density at radius 2 is 2.07 bits per heavy atom. The van der Waals surface area contributed by atoms with Gasteiger partial charge in [-0.25, -0.2) is 0 Å². The number of amides is 1. The number of primary amides is 1. The van der Waals surface area contributed by atoms with Gasteiger partial charge in [0, 0.05) is 5.54 Å². The number of nitrogens with two attached hydrogens (primary N) is 1. The maximum atomic E-state index is 11.1. The molecule has 14 heavy (non-hydrogen) atoms. The Labute approximate surface area is 84.0 Å². The minimum absolute atomic E-state index is 0.0708. The summed E-state index contributed by atoms with van der Waals surface area (Å²) in [6.45, 7) is 3.85. The van der Waals surface area contributed by atoms with Gasteiger partial charge in [-0.15, -0.1) is 0 Å². The molecule has 0 spiro atoms. The molecule has 1 unspecified atom stereocenters. The number of esters is 1. The number of hydrogen-bond acceptors (Lipinski definition) is 4. The van der Waals surface area contributed by atoms with Crippen LogP contribution >= 0.6 is 0 Å². The first-order valence-electron chi connectivity index (χ1n) is 4.53. The quantitative estimate of drug-likeness (QED) is 0.584. The predicted octanol–water partition coefficient (Wildman–Crippen LogP) is -0.207. The van der Waals surface area contributed by atoms with Crippen LogP contribution < -0.4 is 11.1 Å². The molecule has 5 heteroatoms. The van der Waals surface area contributed by atoms with Crippen LogP contribution in [0.3, 0.4) is 0 Å². The van der Waals surface area contributed by atoms with Crippen molar-refractivity contribution >= 4 is 11.9 Å². The first kappa shape index (κ1) is 12.9. The lowest BCUT2D eigenvalue weighted by molar-refractivity contribution is -0.142. The van der Waals surface area contributed by atoms with Crippen molar-refractivity contribution in [2.24, 2.45) is 5.73 Å². The van der Waals surface area contributed by atoms with Gasteiger partial charge in [0.2, 0.25) is 5.91 Å². The molecular weight excluding hydrogens is 184 g/mol. The van der Waals surface area contributed by atoms with Crippen LogP contribution in [0, 0.1) is 0 Å². The maximum Gasteiger partial charge on any atom is 0.307 e. The van der Waals surface area contributed by atoms with Gasteiger partial charge in [-0.2, -0.15) is 0 Å². The summed E-state index contributed by atoms with van der Waals surface area (Å²) in [4.78, 5) is 21.6. The van der Waals surface area contributed by atoms with E-state index in [1.54, 1.807) is 0 Å². The van der Waals surface area contributed by atoms with E-state index in [0.717, 1.165) is 6.42 Å². The summed E-state index contributed by atoms with van der Waals surface area (Å²) >= 11 is 0. The second-order valence-corrected chi connectivity index (χ2v) is 3.49. The average molecular weight is 202 g/mol. The lowest BCUT2D eigenvalue weighted by Crippen LogP contribution is -2.47. The van der Waals surface area contributed by atoms with E-state index in [1.165, 1.54) is 7.11 Å². The fourth-order valence-electron chi connectivity index (χ4n) is 1.00. The number of carbonyl (C=O) groups is 2. The van der Waals surface area contributed by atoms with Gasteiger partial charge in [0.25, 0.3) is 0 Å². The molecule has 0 fully saturated rings. The third kappa shape index (κ3) is 4.81. The smallest absolute Gasteiger partial charge is 0.307 e. The van der Waals surface area contributed by atoms with Crippen molar-refractivity contribution in [2.75, 3.05) is 13.7 Å². The molecule has 0 rings (SSSR count). The molecule has 0 bridgehead atoms. The third-order valence-corrected chi connectivity index (χ3v) is 2.23. The Bertz CT molecular complexity index is 218. The summed E-state index contributed by atoms with van der Waals surface area (Å²) in [6.07, 6.45) is 0.947. The highest BCUT2D eigenvalue weighted by molar-refractivity contribution is 5.76. The normalized spacial score (nSPS) is 14.5. The molecule has 82 valence electrons. The molecule has 1 amide bonds. The second-order valence-electron chi connectivity index (χ2n) is 3.49. The van der Waals surface area contributed by atoms with Crippen molar-refractivity contribution < 1.29 is 14.3 Å². The van der Waals surface area contributed by atoms with Crippen LogP contribution in [0.1, 0.15) is 26.7 Å². The van der Waals surface area contributed by atoms with Crippen LogP contribution in [0.4, 0.5) is 0 Å². The Kier molecular flexibility index (Phi) is 5.15. The Hall–Kier alpha value is -1.10. The Morgan fingerprint density at radius 1 is 1.50 bits per heavy atom. The van der Waals surface area contributed by atoms with E-state index >= 15 is 0 Å². The summed E-state index contributed by atoms with van der Waals surface area (Å²) in [5.41, 5.74) is 4.57. The van der Waals surface area contributed by atoms with Gasteiger partial charge in [-0.3, -0.25) is 9.59 Å². The number of methoxy groups -OCH3 is 1. The number of rotatable bonds is 6. The lowest BCUT2D eigenvalue weighted by Gasteiger charge is -2.27. The molecule has 0 aromatic carbocycles. The average Bonchev–Trinajstić information content (AvgIpc) is 2.14. The van der Waals surface area contributed by atoms with Crippen molar-refractivity contribution in [3.63, 3.8) is 0 Å². The molecule has 3 N–H and O–H groups in total. The van der Waals surface area contributed by atoms with Crippen molar-refractivity contribution in [1.29, 1.82) is 0 Å². The highest BCUT2D eigenvalue weighted by Gasteiger charge is 2.25. The zero-order chi connectivity index (χ0) is 11.2. The molecule has 0 aromatic heterocycles. The van der Waals surface area contributed by atoms with Crippen molar-refractivity contribution in [3.8, 4) is 0 Å². The first-order valence-corrected chi connectivity index (χ1v) is 4.53. The molecule has 0 radical (unpaired) electrons. The molecule has 0 aliphatic heterocycles. The molecule has 0 heterocycles. The minimum Gasteiger partial charge on any atom is -0.469 e. The topological polar surface area (TPSA) is 81.4 Å². The fraction of sp³-hybridized carbons (Fsp3) is 0.778. The van der Waals surface area contributed by atoms with E-state index < -0.39 is 11.4 Å². The SMILES string of the molecule is CCC(C)(CC(=O)OC)NCC(N)=O. The summed E-state index contributed by atoms with van der Waals surface area (Å²) in [5.74, 6) is -0.735. The van der Waals surface area contributed by atoms with E-state index in [1.807, 2.05) is 13.8 Å². The highest BCUT2D eigenvalue weighted by atomic mass is 16.5. The van der Waals surface area contributed by atoms with Gasteiger partial charge in [-0.1, -0.05) is 6.92 Å². The van der Waals surface area contributed by atoms with Crippen LogP contribution in [0.5, 0.6) is 0 Å². The zero-order valence-electron chi connectivity index (χ0n) is 8.92. The number of nitrogens with one attached hydrogen (secondary N) is 1. The predicted molar refractivity (Wildman–Crippen MR) is 52.5 cm³/mol. The van der Waals surface area contributed by atoms with Gasteiger partial charge in [0.1, 0.15) is 0 Å². The van der Waals surface area contributed by atoms with E-state index in [-0.39, 0.29) is 18.9 Å². The van der Waals surface area contributed by atoms with Gasteiger partial charge < -0.3 is 15.8 Å². The molecule has 5 nitrogen and oxygen atoms in total. The number of ether oxygens (including phenoxy) is 1. The van der Waals surface area contributed by atoms with E-state index in [2.05, 4.69) is 10.1 Å². The second kappa shape index (κ2) is 5.59. The fourth-order valence-corrected chi connectivity index (χ4v) is 1.00. The van der Waals surface area contributed by atoms with Gasteiger partial charge in [-0.05, 0) is 13.3 Å². The summed E-state index contributed by atoms with van der Waals surface area (Å²) in [5, 5.41) is 2.94. The minimum atomic E-state index is -0.436. The van der Waals surface area contributed by atoms with Crippen LogP contribution in [-0.4, -0.2) is 31.1 Å². The van der Waals surface area contributed by atoms with Crippen LogP contribution in [0.25, 0.3) is 0 Å². The lowest BCUT2D eigenvalue weighted by atomic mass is 9.94. The molecular formula is C9H18N2O3. The van der Waals surface area contributed by atoms with Crippen molar-refractivity contribution in [2.45, 2.75) is 32.2 Å². The highest BCUT2D eigenvalue weighted by Crippen LogP contribution is 2.14. The van der Waals surface area contributed by atoms with Crippen LogP contribution in [-0.2, 0) is 14.3 Å². The maximum absolute atomic E-state index is 11.1. The van der Waals surface area contributed by atoms with E-state index in [9.17, 15) is 9.59 Å². The monoisotopic (exact) mass is 202 g/mol. The summed E-state index contributed by atoms with van der Waals surface area (Å²) < 4.78 is 4.56. The molecule has 0 aliphatic rings. The van der Waals surface area contributed by atoms with E-state index in [0.29, 0.717) is 0 Å². The van der Waals surface area contributed by atoms with E-state index in [4.69, 9.17) is 5.73 Å². The molecule has 0 aromatic rings. The summed E-state index contributed by atoms with van der Waals surface area (Å²) in [6, 6.07) is 0. The van der Waals surface area contributed by atoms with Gasteiger partial charge in [0.15, 0.2) is 0 Å². The standard InChI is InChI=1S/C9H18N2O3/c1-4-9(2,5-8(13)14-3)11-6-7(10)12/h11H,4-6H2,1-3H3,(H2,10,12). The molecule has 0 saturated heterocycles. The summed E-state index contributed by atoms with van der Waals surface area (Å²) in [7, 11) is 1.34. The number of hydrogen-bond donors (Lipinski definition) is 2. The van der Waals surface area contributed by atoms with Crippen molar-refractivity contribution in [3.05, 3.63) is 0 Å². The van der Waals surface area contributed by atoms with Crippen LogP contribution in [0.15, 0.2) is 0 Å². The van der Waals surface area contributed by atoms with Crippen molar-refractivity contribution in [1.82, 2.24) is 5.32 Å². The zero-order valence-corrected chi connectivity index (χ0v) is 8.92. The Morgan fingerprint density at radius 3 is 2.43 bits per heavy atom. The molecule has 0 saturated carbocycles. The van der Waals surface area contributed by atoms with Gasteiger partial charge >= 0.3 is 5.97 Å². The largest absolute Gasteiger partial charge is 0.469 e. The molecule has 0 aliphatic carbocycles.